The van der Waals surface area contributed by atoms with E-state index in [0.29, 0.717) is 12.2 Å². The lowest BCUT2D eigenvalue weighted by Crippen LogP contribution is -2.38. The maximum Gasteiger partial charge on any atom is 0.243 e. The van der Waals surface area contributed by atoms with Crippen molar-refractivity contribution in [2.75, 3.05) is 23.3 Å². The van der Waals surface area contributed by atoms with E-state index in [1.807, 2.05) is 50.2 Å². The molecule has 1 saturated heterocycles. The van der Waals surface area contributed by atoms with Crippen LogP contribution in [-0.2, 0) is 20.8 Å². The van der Waals surface area contributed by atoms with Crippen LogP contribution < -0.4 is 15.5 Å². The summed E-state index contributed by atoms with van der Waals surface area (Å²) in [6, 6.07) is 13.3. The number of halogens is 1. The molecule has 1 heterocycles. The van der Waals surface area contributed by atoms with Crippen molar-refractivity contribution in [1.82, 2.24) is 5.32 Å². The van der Waals surface area contributed by atoms with Crippen LogP contribution in [0.5, 0.6) is 0 Å². The minimum Gasteiger partial charge on any atom is -0.347 e. The number of nitrogens with zero attached hydrogens (tertiary/aromatic N) is 1. The summed E-state index contributed by atoms with van der Waals surface area (Å²) in [5.41, 5.74) is 3.56. The molecular weight excluding hydrogens is 434 g/mol. The lowest BCUT2D eigenvalue weighted by molar-refractivity contribution is -0.127. The minimum atomic E-state index is -0.463. The predicted octanol–water partition coefficient (Wildman–Crippen LogP) is 3.43. The van der Waals surface area contributed by atoms with Gasteiger partial charge in [0.05, 0.1) is 12.5 Å². The summed E-state index contributed by atoms with van der Waals surface area (Å²) in [5, 5.41) is 5.45. The molecule has 0 aromatic heterocycles. The standard InChI is InChI=1S/C22H24BrN3O3/c1-3-15-6-4-5-7-19(15)26-13-16(11-21(26)28)22(29)24-12-20(27)25-18-9-8-17(23)10-14(18)2/h4-10,16H,3,11-13H2,1-2H3,(H,24,29)(H,25,27). The van der Waals surface area contributed by atoms with Gasteiger partial charge in [0, 0.05) is 28.8 Å². The van der Waals surface area contributed by atoms with Gasteiger partial charge < -0.3 is 15.5 Å². The zero-order valence-electron chi connectivity index (χ0n) is 16.5. The van der Waals surface area contributed by atoms with Crippen LogP contribution in [0.15, 0.2) is 46.9 Å². The van der Waals surface area contributed by atoms with Crippen molar-refractivity contribution in [3.8, 4) is 0 Å². The maximum atomic E-state index is 12.5. The van der Waals surface area contributed by atoms with Crippen LogP contribution in [0, 0.1) is 12.8 Å². The Balaban J connectivity index is 1.56. The van der Waals surface area contributed by atoms with Gasteiger partial charge in [0.25, 0.3) is 0 Å². The number of nitrogens with one attached hydrogen (secondary N) is 2. The number of carbonyl (C=O) groups is 3. The van der Waals surface area contributed by atoms with Gasteiger partial charge in [-0.3, -0.25) is 14.4 Å². The lowest BCUT2D eigenvalue weighted by Gasteiger charge is -2.20. The van der Waals surface area contributed by atoms with Crippen LogP contribution in [0.25, 0.3) is 0 Å². The van der Waals surface area contributed by atoms with Gasteiger partial charge in [0.1, 0.15) is 0 Å². The SMILES string of the molecule is CCc1ccccc1N1CC(C(=O)NCC(=O)Nc2ccc(Br)cc2C)CC1=O. The van der Waals surface area contributed by atoms with E-state index in [-0.39, 0.29) is 30.7 Å². The van der Waals surface area contributed by atoms with Gasteiger partial charge in [-0.05, 0) is 48.7 Å². The fourth-order valence-corrected chi connectivity index (χ4v) is 3.94. The summed E-state index contributed by atoms with van der Waals surface area (Å²) >= 11 is 3.38. The molecule has 6 nitrogen and oxygen atoms in total. The average Bonchev–Trinajstić information content (AvgIpc) is 3.09. The van der Waals surface area contributed by atoms with Crippen molar-refractivity contribution in [2.24, 2.45) is 5.92 Å². The Labute approximate surface area is 178 Å². The van der Waals surface area contributed by atoms with Crippen molar-refractivity contribution in [2.45, 2.75) is 26.7 Å². The van der Waals surface area contributed by atoms with E-state index in [9.17, 15) is 14.4 Å². The van der Waals surface area contributed by atoms with Crippen molar-refractivity contribution in [3.63, 3.8) is 0 Å². The number of amides is 3. The molecule has 1 unspecified atom stereocenters. The Morgan fingerprint density at radius 2 is 1.97 bits per heavy atom. The molecule has 1 aliphatic rings. The second-order valence-corrected chi connectivity index (χ2v) is 8.03. The molecule has 2 aromatic rings. The monoisotopic (exact) mass is 457 g/mol. The molecule has 0 saturated carbocycles. The maximum absolute atomic E-state index is 12.5. The normalized spacial score (nSPS) is 16.0. The molecule has 1 fully saturated rings. The Hall–Kier alpha value is -2.67. The largest absolute Gasteiger partial charge is 0.347 e. The fourth-order valence-electron chi connectivity index (χ4n) is 3.46. The van der Waals surface area contributed by atoms with Crippen molar-refractivity contribution >= 4 is 45.0 Å². The average molecular weight is 458 g/mol. The number of aryl methyl sites for hydroxylation is 2. The summed E-state index contributed by atoms with van der Waals surface area (Å²) in [5.74, 6) is -1.12. The molecule has 0 spiro atoms. The minimum absolute atomic E-state index is 0.0685. The molecule has 0 aliphatic carbocycles. The first-order valence-electron chi connectivity index (χ1n) is 9.61. The summed E-state index contributed by atoms with van der Waals surface area (Å²) in [7, 11) is 0. The van der Waals surface area contributed by atoms with Crippen LogP contribution in [0.4, 0.5) is 11.4 Å². The quantitative estimate of drug-likeness (QED) is 0.697. The number of hydrogen-bond acceptors (Lipinski definition) is 3. The molecule has 0 bridgehead atoms. The number of anilines is 2. The third kappa shape index (κ3) is 5.03. The second kappa shape index (κ2) is 9.22. The molecule has 152 valence electrons. The third-order valence-electron chi connectivity index (χ3n) is 5.04. The van der Waals surface area contributed by atoms with Crippen molar-refractivity contribution in [3.05, 3.63) is 58.1 Å². The van der Waals surface area contributed by atoms with Crippen LogP contribution >= 0.6 is 15.9 Å². The highest BCUT2D eigenvalue weighted by Crippen LogP contribution is 2.28. The molecule has 29 heavy (non-hydrogen) atoms. The van der Waals surface area contributed by atoms with E-state index in [0.717, 1.165) is 27.7 Å². The zero-order valence-corrected chi connectivity index (χ0v) is 18.1. The van der Waals surface area contributed by atoms with Gasteiger partial charge in [-0.25, -0.2) is 0 Å². The highest BCUT2D eigenvalue weighted by atomic mass is 79.9. The highest BCUT2D eigenvalue weighted by Gasteiger charge is 2.35. The third-order valence-corrected chi connectivity index (χ3v) is 5.54. The van der Waals surface area contributed by atoms with Gasteiger partial charge in [-0.1, -0.05) is 41.1 Å². The predicted molar refractivity (Wildman–Crippen MR) is 117 cm³/mol. The second-order valence-electron chi connectivity index (χ2n) is 7.11. The Bertz CT molecular complexity index is 945. The highest BCUT2D eigenvalue weighted by molar-refractivity contribution is 9.10. The van der Waals surface area contributed by atoms with Gasteiger partial charge in [0.15, 0.2) is 0 Å². The molecule has 1 atom stereocenters. The van der Waals surface area contributed by atoms with Gasteiger partial charge >= 0.3 is 0 Å². The van der Waals surface area contributed by atoms with E-state index in [4.69, 9.17) is 0 Å². The Morgan fingerprint density at radius 1 is 1.21 bits per heavy atom. The number of benzene rings is 2. The molecule has 7 heteroatoms. The van der Waals surface area contributed by atoms with Gasteiger partial charge in [0.2, 0.25) is 17.7 Å². The van der Waals surface area contributed by atoms with Crippen LogP contribution in [0.1, 0.15) is 24.5 Å². The van der Waals surface area contributed by atoms with Crippen LogP contribution in [0.2, 0.25) is 0 Å². The van der Waals surface area contributed by atoms with E-state index in [1.54, 1.807) is 11.0 Å². The molecule has 1 aliphatic heterocycles. The first kappa shape index (κ1) is 21.0. The molecule has 0 radical (unpaired) electrons. The van der Waals surface area contributed by atoms with Crippen molar-refractivity contribution in [1.29, 1.82) is 0 Å². The van der Waals surface area contributed by atoms with Crippen molar-refractivity contribution < 1.29 is 14.4 Å². The molecule has 3 rings (SSSR count). The molecule has 2 aromatic carbocycles. The first-order valence-corrected chi connectivity index (χ1v) is 10.4. The zero-order chi connectivity index (χ0) is 21.0. The van der Waals surface area contributed by atoms with E-state index >= 15 is 0 Å². The fraction of sp³-hybridized carbons (Fsp3) is 0.318. The lowest BCUT2D eigenvalue weighted by atomic mass is 10.1. The van der Waals surface area contributed by atoms with E-state index < -0.39 is 5.92 Å². The number of para-hydroxylation sites is 1. The molecule has 3 amide bonds. The number of carbonyl (C=O) groups excluding carboxylic acids is 3. The van der Waals surface area contributed by atoms with E-state index in [1.165, 1.54) is 0 Å². The van der Waals surface area contributed by atoms with Crippen LogP contribution in [-0.4, -0.2) is 30.8 Å². The summed E-state index contributed by atoms with van der Waals surface area (Å²) < 4.78 is 0.932. The van der Waals surface area contributed by atoms with Gasteiger partial charge in [-0.2, -0.15) is 0 Å². The Kier molecular flexibility index (Phi) is 6.69. The summed E-state index contributed by atoms with van der Waals surface area (Å²) in [4.78, 5) is 38.8. The van der Waals surface area contributed by atoms with Crippen LogP contribution in [0.3, 0.4) is 0 Å². The summed E-state index contributed by atoms with van der Waals surface area (Å²) in [6.07, 6.45) is 0.962. The number of hydrogen-bond donors (Lipinski definition) is 2. The van der Waals surface area contributed by atoms with Gasteiger partial charge in [-0.15, -0.1) is 0 Å². The Morgan fingerprint density at radius 3 is 2.69 bits per heavy atom. The first-order chi connectivity index (χ1) is 13.9. The summed E-state index contributed by atoms with van der Waals surface area (Å²) in [6.45, 7) is 4.13. The van der Waals surface area contributed by atoms with E-state index in [2.05, 4.69) is 26.6 Å². The topological polar surface area (TPSA) is 78.5 Å². The molecular formula is C22H24BrN3O3. The molecule has 2 N–H and O–H groups in total. The smallest absolute Gasteiger partial charge is 0.243 e. The number of rotatable bonds is 6.